The molecule has 1 N–H and O–H groups in total. The first-order valence-electron chi connectivity index (χ1n) is 5.27. The van der Waals surface area contributed by atoms with Gasteiger partial charge < -0.3 is 14.6 Å². The summed E-state index contributed by atoms with van der Waals surface area (Å²) in [6.45, 7) is 2.46. The normalized spacial score (nSPS) is 28.6. The van der Waals surface area contributed by atoms with Crippen LogP contribution in [-0.2, 0) is 4.74 Å². The lowest BCUT2D eigenvalue weighted by molar-refractivity contribution is -0.160. The van der Waals surface area contributed by atoms with E-state index in [9.17, 15) is 5.11 Å². The maximum absolute atomic E-state index is 9.50. The Labute approximate surface area is 99.2 Å². The largest absolute Gasteiger partial charge is 0.486 e. The van der Waals surface area contributed by atoms with Gasteiger partial charge >= 0.3 is 0 Å². The van der Waals surface area contributed by atoms with E-state index in [-0.39, 0.29) is 12.2 Å². The third-order valence-corrected chi connectivity index (χ3v) is 2.75. The zero-order valence-corrected chi connectivity index (χ0v) is 9.72. The molecule has 0 bridgehead atoms. The molecule has 0 aromatic carbocycles. The van der Waals surface area contributed by atoms with Crippen LogP contribution in [0.15, 0.2) is 18.5 Å². The lowest BCUT2D eigenvalue weighted by Crippen LogP contribution is -2.55. The van der Waals surface area contributed by atoms with Crippen molar-refractivity contribution < 1.29 is 14.6 Å². The molecular formula is C11H14ClNO3. The molecule has 1 aliphatic carbocycles. The molecule has 3 unspecified atom stereocenters. The summed E-state index contributed by atoms with van der Waals surface area (Å²) in [5, 5.41) is 10.0. The van der Waals surface area contributed by atoms with E-state index < -0.39 is 6.10 Å². The highest BCUT2D eigenvalue weighted by Gasteiger charge is 2.42. The highest BCUT2D eigenvalue weighted by atomic mass is 35.5. The number of halogens is 1. The summed E-state index contributed by atoms with van der Waals surface area (Å²) in [4.78, 5) is 3.93. The van der Waals surface area contributed by atoms with Crippen molar-refractivity contribution >= 4 is 11.6 Å². The van der Waals surface area contributed by atoms with E-state index in [0.717, 1.165) is 0 Å². The highest BCUT2D eigenvalue weighted by molar-refractivity contribution is 6.30. The number of ether oxygens (including phenoxy) is 2. The minimum atomic E-state index is -0.433. The summed E-state index contributed by atoms with van der Waals surface area (Å²) in [5.41, 5.74) is 0. The molecule has 16 heavy (non-hydrogen) atoms. The van der Waals surface area contributed by atoms with Crippen molar-refractivity contribution in [3.05, 3.63) is 23.5 Å². The van der Waals surface area contributed by atoms with Gasteiger partial charge in [-0.15, -0.1) is 0 Å². The van der Waals surface area contributed by atoms with Gasteiger partial charge in [0.15, 0.2) is 0 Å². The van der Waals surface area contributed by atoms with Gasteiger partial charge in [-0.3, -0.25) is 4.98 Å². The molecular weight excluding hydrogens is 230 g/mol. The Bertz CT molecular complexity index is 361. The van der Waals surface area contributed by atoms with Gasteiger partial charge in [-0.05, 0) is 6.92 Å². The third kappa shape index (κ3) is 2.45. The van der Waals surface area contributed by atoms with Crippen molar-refractivity contribution in [2.45, 2.75) is 31.7 Å². The minimum absolute atomic E-state index is 0.116. The zero-order chi connectivity index (χ0) is 11.5. The summed E-state index contributed by atoms with van der Waals surface area (Å²) < 4.78 is 11.0. The summed E-state index contributed by atoms with van der Waals surface area (Å²) in [5.74, 6) is 0.606. The first kappa shape index (κ1) is 11.6. The number of rotatable bonds is 4. The Kier molecular flexibility index (Phi) is 3.63. The highest BCUT2D eigenvalue weighted by Crippen LogP contribution is 2.29. The van der Waals surface area contributed by atoms with Gasteiger partial charge in [0.25, 0.3) is 0 Å². The van der Waals surface area contributed by atoms with Crippen LogP contribution < -0.4 is 4.74 Å². The molecule has 1 aliphatic rings. The Balaban J connectivity index is 1.95. The van der Waals surface area contributed by atoms with Crippen LogP contribution in [-0.4, -0.2) is 35.0 Å². The van der Waals surface area contributed by atoms with Crippen LogP contribution in [0.25, 0.3) is 0 Å². The molecule has 4 nitrogen and oxygen atoms in total. The molecule has 1 aromatic heterocycles. The van der Waals surface area contributed by atoms with Crippen LogP contribution in [0.2, 0.25) is 5.02 Å². The second-order valence-electron chi connectivity index (χ2n) is 3.72. The van der Waals surface area contributed by atoms with E-state index in [1.54, 1.807) is 18.5 Å². The molecule has 0 saturated heterocycles. The first-order valence-corrected chi connectivity index (χ1v) is 5.65. The number of aliphatic hydroxyl groups excluding tert-OH is 1. The van der Waals surface area contributed by atoms with Crippen molar-refractivity contribution in [1.29, 1.82) is 0 Å². The van der Waals surface area contributed by atoms with Crippen LogP contribution in [0.1, 0.15) is 13.3 Å². The van der Waals surface area contributed by atoms with Crippen LogP contribution in [0.5, 0.6) is 5.75 Å². The molecule has 1 aromatic rings. The number of hydrogen-bond donors (Lipinski definition) is 1. The third-order valence-electron chi connectivity index (χ3n) is 2.55. The standard InChI is InChI=1S/C11H14ClNO3/c1-2-15-11-9(14)4-10(11)16-8-3-7(12)5-13-6-8/h3,5-6,9-11,14H,2,4H2,1H3. The molecule has 0 aliphatic heterocycles. The number of pyridine rings is 1. The molecule has 3 atom stereocenters. The van der Waals surface area contributed by atoms with Crippen LogP contribution in [0.3, 0.4) is 0 Å². The fourth-order valence-electron chi connectivity index (χ4n) is 1.72. The van der Waals surface area contributed by atoms with Crippen molar-refractivity contribution in [1.82, 2.24) is 4.98 Å². The zero-order valence-electron chi connectivity index (χ0n) is 8.97. The first-order chi connectivity index (χ1) is 7.70. The lowest BCUT2D eigenvalue weighted by Gasteiger charge is -2.40. The van der Waals surface area contributed by atoms with Gasteiger partial charge in [0.1, 0.15) is 18.0 Å². The van der Waals surface area contributed by atoms with Gasteiger partial charge in [0.05, 0.1) is 17.3 Å². The maximum Gasteiger partial charge on any atom is 0.139 e. The molecule has 1 heterocycles. The van der Waals surface area contributed by atoms with E-state index in [1.165, 1.54) is 0 Å². The maximum atomic E-state index is 9.50. The molecule has 5 heteroatoms. The second-order valence-corrected chi connectivity index (χ2v) is 4.15. The predicted octanol–water partition coefficient (Wildman–Crippen LogP) is 1.65. The van der Waals surface area contributed by atoms with Crippen molar-refractivity contribution in [3.63, 3.8) is 0 Å². The van der Waals surface area contributed by atoms with Crippen LogP contribution in [0.4, 0.5) is 0 Å². The van der Waals surface area contributed by atoms with E-state index in [0.29, 0.717) is 23.8 Å². The van der Waals surface area contributed by atoms with Crippen molar-refractivity contribution in [3.8, 4) is 5.75 Å². The molecule has 1 saturated carbocycles. The average Bonchev–Trinajstić information content (AvgIpc) is 2.26. The number of nitrogens with zero attached hydrogens (tertiary/aromatic N) is 1. The fourth-order valence-corrected chi connectivity index (χ4v) is 1.88. The van der Waals surface area contributed by atoms with Gasteiger partial charge in [-0.25, -0.2) is 0 Å². The summed E-state index contributed by atoms with van der Waals surface area (Å²) in [7, 11) is 0. The van der Waals surface area contributed by atoms with Crippen molar-refractivity contribution in [2.75, 3.05) is 6.61 Å². The number of aromatic nitrogens is 1. The molecule has 88 valence electrons. The molecule has 0 spiro atoms. The smallest absolute Gasteiger partial charge is 0.139 e. The molecule has 1 fully saturated rings. The van der Waals surface area contributed by atoms with E-state index in [2.05, 4.69) is 4.98 Å². The predicted molar refractivity (Wildman–Crippen MR) is 59.7 cm³/mol. The summed E-state index contributed by atoms with van der Waals surface area (Å²) in [6.07, 6.45) is 2.93. The Morgan fingerprint density at radius 3 is 3.00 bits per heavy atom. The molecule has 2 rings (SSSR count). The molecule has 0 radical (unpaired) electrons. The van der Waals surface area contributed by atoms with E-state index in [1.807, 2.05) is 6.92 Å². The average molecular weight is 244 g/mol. The summed E-state index contributed by atoms with van der Waals surface area (Å²) in [6, 6.07) is 1.70. The molecule has 0 amide bonds. The minimum Gasteiger partial charge on any atom is -0.486 e. The lowest BCUT2D eigenvalue weighted by atomic mass is 9.88. The van der Waals surface area contributed by atoms with Gasteiger partial charge in [-0.2, -0.15) is 0 Å². The van der Waals surface area contributed by atoms with Gasteiger partial charge in [-0.1, -0.05) is 11.6 Å². The number of hydrogen-bond acceptors (Lipinski definition) is 4. The SMILES string of the molecule is CCOC1C(O)CC1Oc1cncc(Cl)c1. The monoisotopic (exact) mass is 243 g/mol. The van der Waals surface area contributed by atoms with Crippen molar-refractivity contribution in [2.24, 2.45) is 0 Å². The fraction of sp³-hybridized carbons (Fsp3) is 0.545. The van der Waals surface area contributed by atoms with E-state index in [4.69, 9.17) is 21.1 Å². The second kappa shape index (κ2) is 4.99. The quantitative estimate of drug-likeness (QED) is 0.874. The Hall–Kier alpha value is -0.840. The Morgan fingerprint density at radius 2 is 2.38 bits per heavy atom. The number of aliphatic hydroxyl groups is 1. The van der Waals surface area contributed by atoms with Gasteiger partial charge in [0, 0.05) is 25.3 Å². The van der Waals surface area contributed by atoms with E-state index >= 15 is 0 Å². The Morgan fingerprint density at radius 1 is 1.56 bits per heavy atom. The topological polar surface area (TPSA) is 51.6 Å². The van der Waals surface area contributed by atoms with Gasteiger partial charge in [0.2, 0.25) is 0 Å². The summed E-state index contributed by atoms with van der Waals surface area (Å²) >= 11 is 5.79. The van der Waals surface area contributed by atoms with Crippen LogP contribution in [0, 0.1) is 0 Å². The van der Waals surface area contributed by atoms with Crippen LogP contribution >= 0.6 is 11.6 Å².